The molecule has 10 nitrogen and oxygen atoms in total. The van der Waals surface area contributed by atoms with Gasteiger partial charge in [-0.2, -0.15) is 0 Å². The van der Waals surface area contributed by atoms with E-state index in [4.69, 9.17) is 18.9 Å². The Balaban J connectivity index is 1.60. The highest BCUT2D eigenvalue weighted by molar-refractivity contribution is 5.93. The molecule has 10 heteroatoms. The molecule has 0 aromatic rings. The quantitative estimate of drug-likeness (QED) is 0.366. The van der Waals surface area contributed by atoms with Crippen LogP contribution in [0.25, 0.3) is 0 Å². The number of esters is 2. The monoisotopic (exact) mass is 563 g/mol. The Morgan fingerprint density at radius 2 is 1.77 bits per heavy atom. The SMILES string of the molecule is C=C[C@@]1(C)CC(=O)[C@@]2(O)[C@](C)(O1)[C@@H](OC(=O)COC(=O)CN1CC(C)OC(C)C1)C=C1C(C)(C)CC[C@H](O)[C@@]12C. The van der Waals surface area contributed by atoms with Gasteiger partial charge in [-0.25, -0.2) is 4.79 Å². The Bertz CT molecular complexity index is 1090. The van der Waals surface area contributed by atoms with Crippen LogP contribution in [-0.4, -0.2) is 100 Å². The summed E-state index contributed by atoms with van der Waals surface area (Å²) >= 11 is 0. The third kappa shape index (κ3) is 4.85. The molecule has 3 fully saturated rings. The zero-order valence-corrected chi connectivity index (χ0v) is 24.8. The summed E-state index contributed by atoms with van der Waals surface area (Å²) in [4.78, 5) is 41.4. The predicted molar refractivity (Wildman–Crippen MR) is 145 cm³/mol. The third-order valence-corrected chi connectivity index (χ3v) is 9.58. The van der Waals surface area contributed by atoms with Gasteiger partial charge < -0.3 is 29.2 Å². The Labute approximate surface area is 236 Å². The second-order valence-corrected chi connectivity index (χ2v) is 13.3. The average molecular weight is 564 g/mol. The van der Waals surface area contributed by atoms with E-state index in [0.29, 0.717) is 31.5 Å². The van der Waals surface area contributed by atoms with Crippen molar-refractivity contribution >= 4 is 17.7 Å². The number of ketones is 1. The number of ether oxygens (including phenoxy) is 4. The molecule has 2 aliphatic carbocycles. The normalized spacial score (nSPS) is 43.1. The topological polar surface area (TPSA) is 132 Å². The maximum atomic E-state index is 13.9. The van der Waals surface area contributed by atoms with Gasteiger partial charge >= 0.3 is 11.9 Å². The van der Waals surface area contributed by atoms with Crippen LogP contribution in [0.15, 0.2) is 24.3 Å². The molecule has 4 aliphatic rings. The first-order valence-electron chi connectivity index (χ1n) is 14.1. The van der Waals surface area contributed by atoms with Crippen molar-refractivity contribution in [1.29, 1.82) is 0 Å². The van der Waals surface area contributed by atoms with E-state index in [1.807, 2.05) is 32.6 Å². The molecule has 2 aliphatic heterocycles. The third-order valence-electron chi connectivity index (χ3n) is 9.58. The summed E-state index contributed by atoms with van der Waals surface area (Å²) in [5, 5.41) is 23.7. The number of aliphatic hydroxyl groups is 2. The van der Waals surface area contributed by atoms with Gasteiger partial charge in [0.15, 0.2) is 24.1 Å². The number of nitrogens with zero attached hydrogens (tertiary/aromatic N) is 1. The van der Waals surface area contributed by atoms with Crippen molar-refractivity contribution in [2.24, 2.45) is 10.8 Å². The number of Topliss-reactive ketones (excluding diaryl/α,β-unsaturated/α-hetero) is 1. The number of hydrogen-bond donors (Lipinski definition) is 2. The van der Waals surface area contributed by atoms with Crippen LogP contribution in [0.5, 0.6) is 0 Å². The molecular formula is C30H45NO9. The smallest absolute Gasteiger partial charge is 0.344 e. The molecule has 224 valence electrons. The summed E-state index contributed by atoms with van der Waals surface area (Å²) in [6.45, 7) is 17.0. The minimum Gasteiger partial charge on any atom is -0.453 e. The van der Waals surface area contributed by atoms with Crippen LogP contribution < -0.4 is 0 Å². The minimum absolute atomic E-state index is 0.00992. The highest BCUT2D eigenvalue weighted by Crippen LogP contribution is 2.64. The van der Waals surface area contributed by atoms with Crippen LogP contribution >= 0.6 is 0 Å². The zero-order valence-electron chi connectivity index (χ0n) is 24.8. The second kappa shape index (κ2) is 10.3. The molecule has 0 aromatic carbocycles. The number of hydrogen-bond acceptors (Lipinski definition) is 10. The second-order valence-electron chi connectivity index (χ2n) is 13.3. The predicted octanol–water partition coefficient (Wildman–Crippen LogP) is 2.10. The first-order chi connectivity index (χ1) is 18.4. The summed E-state index contributed by atoms with van der Waals surface area (Å²) < 4.78 is 23.2. The largest absolute Gasteiger partial charge is 0.453 e. The van der Waals surface area contributed by atoms with Crippen molar-refractivity contribution in [2.75, 3.05) is 26.2 Å². The summed E-state index contributed by atoms with van der Waals surface area (Å²) in [6, 6.07) is 0. The van der Waals surface area contributed by atoms with E-state index in [1.54, 1.807) is 19.9 Å². The van der Waals surface area contributed by atoms with Gasteiger partial charge in [-0.1, -0.05) is 25.5 Å². The highest BCUT2D eigenvalue weighted by Gasteiger charge is 2.76. The molecule has 8 atom stereocenters. The fraction of sp³-hybridized carbons (Fsp3) is 0.767. The first kappa shape index (κ1) is 30.8. The van der Waals surface area contributed by atoms with Crippen LogP contribution in [0.1, 0.15) is 67.7 Å². The van der Waals surface area contributed by atoms with Crippen LogP contribution in [-0.2, 0) is 33.3 Å². The Morgan fingerprint density at radius 3 is 2.38 bits per heavy atom. The van der Waals surface area contributed by atoms with Gasteiger partial charge in [0, 0.05) is 19.5 Å². The van der Waals surface area contributed by atoms with Gasteiger partial charge in [0.25, 0.3) is 0 Å². The molecule has 2 saturated heterocycles. The lowest BCUT2D eigenvalue weighted by Gasteiger charge is -2.66. The molecule has 0 aromatic heterocycles. The number of morpholine rings is 1. The summed E-state index contributed by atoms with van der Waals surface area (Å²) in [6.07, 6.45) is 1.75. The lowest BCUT2D eigenvalue weighted by molar-refractivity contribution is -0.305. The molecule has 2 N–H and O–H groups in total. The minimum atomic E-state index is -2.21. The molecule has 40 heavy (non-hydrogen) atoms. The average Bonchev–Trinajstić information content (AvgIpc) is 2.84. The summed E-state index contributed by atoms with van der Waals surface area (Å²) in [5.74, 6) is -1.94. The number of rotatable bonds is 6. The van der Waals surface area contributed by atoms with Gasteiger partial charge in [0.2, 0.25) is 0 Å². The molecule has 0 radical (unpaired) electrons. The number of fused-ring (bicyclic) bond motifs is 3. The zero-order chi connectivity index (χ0) is 29.9. The number of carbonyl (C=O) groups is 3. The lowest BCUT2D eigenvalue weighted by atomic mass is 9.44. The van der Waals surface area contributed by atoms with Gasteiger partial charge in [-0.15, -0.1) is 6.58 Å². The van der Waals surface area contributed by atoms with E-state index >= 15 is 0 Å². The van der Waals surface area contributed by atoms with Gasteiger partial charge in [0.1, 0.15) is 5.60 Å². The van der Waals surface area contributed by atoms with E-state index in [1.165, 1.54) is 13.0 Å². The molecule has 2 heterocycles. The van der Waals surface area contributed by atoms with E-state index < -0.39 is 64.2 Å². The van der Waals surface area contributed by atoms with Crippen molar-refractivity contribution in [3.8, 4) is 0 Å². The van der Waals surface area contributed by atoms with Crippen molar-refractivity contribution < 1.29 is 43.5 Å². The lowest BCUT2D eigenvalue weighted by Crippen LogP contribution is -2.81. The molecule has 0 bridgehead atoms. The number of aliphatic hydroxyl groups excluding tert-OH is 1. The van der Waals surface area contributed by atoms with E-state index in [9.17, 15) is 24.6 Å². The fourth-order valence-electron chi connectivity index (χ4n) is 7.55. The van der Waals surface area contributed by atoms with Crippen LogP contribution in [0.4, 0.5) is 0 Å². The molecule has 4 rings (SSSR count). The van der Waals surface area contributed by atoms with Crippen LogP contribution in [0, 0.1) is 10.8 Å². The van der Waals surface area contributed by atoms with Crippen molar-refractivity contribution in [3.05, 3.63) is 24.3 Å². The highest BCUT2D eigenvalue weighted by atomic mass is 16.6. The van der Waals surface area contributed by atoms with E-state index in [2.05, 4.69) is 6.58 Å². The Morgan fingerprint density at radius 1 is 1.15 bits per heavy atom. The van der Waals surface area contributed by atoms with E-state index in [-0.39, 0.29) is 25.2 Å². The Kier molecular flexibility index (Phi) is 7.95. The fourth-order valence-corrected chi connectivity index (χ4v) is 7.55. The Hall–Kier alpha value is -2.11. The summed E-state index contributed by atoms with van der Waals surface area (Å²) in [7, 11) is 0. The van der Waals surface area contributed by atoms with Crippen molar-refractivity contribution in [2.45, 2.75) is 109 Å². The van der Waals surface area contributed by atoms with Crippen LogP contribution in [0.3, 0.4) is 0 Å². The van der Waals surface area contributed by atoms with Gasteiger partial charge in [0.05, 0.1) is 35.9 Å². The maximum absolute atomic E-state index is 13.9. The van der Waals surface area contributed by atoms with Gasteiger partial charge in [-0.05, 0) is 59.0 Å². The summed E-state index contributed by atoms with van der Waals surface area (Å²) in [5.41, 5.74) is -6.38. The van der Waals surface area contributed by atoms with E-state index in [0.717, 1.165) is 0 Å². The molecule has 0 spiro atoms. The first-order valence-corrected chi connectivity index (χ1v) is 14.1. The molecule has 1 saturated carbocycles. The van der Waals surface area contributed by atoms with Gasteiger partial charge in [-0.3, -0.25) is 14.5 Å². The molecule has 2 unspecified atom stereocenters. The molecule has 0 amide bonds. The standard InChI is InChI=1S/C30H45NO9/c1-9-27(6)13-22(33)30(36)28(7)20(26(4,5)11-10-21(28)32)12-23(29(30,8)40-27)39-25(35)17-37-24(34)16-31-14-18(2)38-19(3)15-31/h9,12,18-19,21,23,32,36H,1,10-11,13-17H2,2-8H3/t18?,19?,21-,23-,27-,28+,29+,30-/m0/s1. The maximum Gasteiger partial charge on any atom is 0.344 e. The number of carbonyl (C=O) groups excluding carboxylic acids is 3. The van der Waals surface area contributed by atoms with Crippen LogP contribution in [0.2, 0.25) is 0 Å². The van der Waals surface area contributed by atoms with Crippen molar-refractivity contribution in [3.63, 3.8) is 0 Å². The van der Waals surface area contributed by atoms with Crippen molar-refractivity contribution in [1.82, 2.24) is 4.90 Å². The molecular weight excluding hydrogens is 518 g/mol.